The average Bonchev–Trinajstić information content (AvgIpc) is 3.11. The van der Waals surface area contributed by atoms with Crippen LogP contribution in [0.5, 0.6) is 17.4 Å². The molecule has 272 valence electrons. The van der Waals surface area contributed by atoms with Gasteiger partial charge < -0.3 is 25.3 Å². The van der Waals surface area contributed by atoms with E-state index in [1.165, 1.54) is 31.8 Å². The van der Waals surface area contributed by atoms with E-state index in [2.05, 4.69) is 20.3 Å². The summed E-state index contributed by atoms with van der Waals surface area (Å²) in [6.45, 7) is 2.20. The standard InChI is InChI=1S/C36H36F2N6O7S/c1-22-26-16-23(24-17-30(35(49-2)40-20-24)44(52(47)48)29-14-13-25(37)19-27(29)38)18-32(34(26)42-21-41-22)50-15-9-5-3-4-6-12-33(45)43-28-10-7-8-11-31(28)51-36(39)46/h7-8,10-11,13-14,16-21,52H,3-6,9,12,15H2,1-2H3,(H2,39,46)(H,43,45). The number of fused-ring (bicyclic) bond motifs is 1. The number of hydrogen-bond donors (Lipinski definition) is 3. The van der Waals surface area contributed by atoms with Crippen LogP contribution >= 0.6 is 0 Å². The summed E-state index contributed by atoms with van der Waals surface area (Å²) in [5.74, 6) is -1.59. The number of anilines is 3. The second kappa shape index (κ2) is 17.4. The Morgan fingerprint density at radius 3 is 2.40 bits per heavy atom. The zero-order valence-corrected chi connectivity index (χ0v) is 29.2. The number of benzene rings is 3. The molecule has 0 bridgehead atoms. The lowest BCUT2D eigenvalue weighted by molar-refractivity contribution is -0.116. The molecule has 13 nitrogen and oxygen atoms in total. The molecule has 0 saturated heterocycles. The van der Waals surface area contributed by atoms with E-state index in [1.807, 2.05) is 13.0 Å². The van der Waals surface area contributed by atoms with Gasteiger partial charge in [0.15, 0.2) is 11.6 Å². The zero-order chi connectivity index (χ0) is 37.2. The second-order valence-electron chi connectivity index (χ2n) is 11.6. The van der Waals surface area contributed by atoms with Gasteiger partial charge in [-0.05, 0) is 67.8 Å². The molecule has 5 rings (SSSR count). The smallest absolute Gasteiger partial charge is 0.410 e. The molecule has 0 fully saturated rings. The number of hydrogen-bond acceptors (Lipinski definition) is 10. The van der Waals surface area contributed by atoms with Gasteiger partial charge in [0.2, 0.25) is 22.7 Å². The number of methoxy groups -OCH3 is 1. The van der Waals surface area contributed by atoms with Gasteiger partial charge in [0.05, 0.1) is 25.1 Å². The molecule has 3 N–H and O–H groups in total. The maximum atomic E-state index is 14.8. The lowest BCUT2D eigenvalue weighted by atomic mass is 10.0. The molecule has 16 heteroatoms. The number of pyridine rings is 1. The number of nitrogens with one attached hydrogen (secondary N) is 1. The molecule has 2 heterocycles. The van der Waals surface area contributed by atoms with Crippen molar-refractivity contribution >= 4 is 50.9 Å². The summed E-state index contributed by atoms with van der Waals surface area (Å²) < 4.78 is 70.5. The van der Waals surface area contributed by atoms with Gasteiger partial charge in [-0.25, -0.2) is 41.3 Å². The minimum Gasteiger partial charge on any atom is -0.491 e. The van der Waals surface area contributed by atoms with Crippen LogP contribution in [0, 0.1) is 18.6 Å². The highest BCUT2D eigenvalue weighted by atomic mass is 32.2. The van der Waals surface area contributed by atoms with Crippen LogP contribution in [0.25, 0.3) is 22.0 Å². The van der Waals surface area contributed by atoms with E-state index >= 15 is 0 Å². The highest BCUT2D eigenvalue weighted by Crippen LogP contribution is 2.39. The third kappa shape index (κ3) is 9.25. The maximum Gasteiger partial charge on any atom is 0.410 e. The van der Waals surface area contributed by atoms with E-state index in [9.17, 15) is 26.8 Å². The number of unbranched alkanes of at least 4 members (excludes halogenated alkanes) is 4. The van der Waals surface area contributed by atoms with Crippen LogP contribution in [-0.2, 0) is 15.7 Å². The van der Waals surface area contributed by atoms with Crippen molar-refractivity contribution in [2.24, 2.45) is 5.73 Å². The molecule has 0 aliphatic heterocycles. The van der Waals surface area contributed by atoms with Crippen LogP contribution in [0.1, 0.15) is 44.2 Å². The summed E-state index contributed by atoms with van der Waals surface area (Å²) in [7, 11) is -2.15. The number of para-hydroxylation sites is 2. The SMILES string of the molecule is COc1ncc(-c2cc(OCCCCCCCC(=O)Nc3ccccc3OC(N)=O)c3ncnc(C)c3c2)cc1N(c1ccc(F)cc1F)[SH](=O)=O. The molecular weight excluding hydrogens is 698 g/mol. The van der Waals surface area contributed by atoms with Crippen molar-refractivity contribution < 1.29 is 41.0 Å². The summed E-state index contributed by atoms with van der Waals surface area (Å²) in [4.78, 5) is 36.6. The molecule has 0 atom stereocenters. The van der Waals surface area contributed by atoms with Crippen LogP contribution < -0.4 is 29.6 Å². The molecule has 0 radical (unpaired) electrons. The van der Waals surface area contributed by atoms with E-state index in [1.54, 1.807) is 24.3 Å². The number of primary amides is 1. The van der Waals surface area contributed by atoms with Crippen LogP contribution in [0.4, 0.5) is 30.6 Å². The molecule has 5 aromatic rings. The first-order valence-corrected chi connectivity index (χ1v) is 17.4. The minimum absolute atomic E-state index is 0.0791. The van der Waals surface area contributed by atoms with Crippen molar-refractivity contribution in [2.75, 3.05) is 23.3 Å². The monoisotopic (exact) mass is 734 g/mol. The average molecular weight is 735 g/mol. The second-order valence-corrected chi connectivity index (χ2v) is 12.4. The predicted octanol–water partition coefficient (Wildman–Crippen LogP) is 6.77. The Morgan fingerprint density at radius 1 is 0.885 bits per heavy atom. The fraction of sp³-hybridized carbons (Fsp3) is 0.250. The summed E-state index contributed by atoms with van der Waals surface area (Å²) in [5, 5.41) is 3.44. The molecule has 0 aliphatic carbocycles. The van der Waals surface area contributed by atoms with Gasteiger partial charge in [-0.15, -0.1) is 0 Å². The molecule has 0 saturated carbocycles. The third-order valence-corrected chi connectivity index (χ3v) is 8.73. The fourth-order valence-corrected chi connectivity index (χ4v) is 6.14. The lowest BCUT2D eigenvalue weighted by Crippen LogP contribution is -2.18. The first-order chi connectivity index (χ1) is 25.0. The van der Waals surface area contributed by atoms with Gasteiger partial charge >= 0.3 is 6.09 Å². The molecule has 0 spiro atoms. The Morgan fingerprint density at radius 2 is 1.65 bits per heavy atom. The van der Waals surface area contributed by atoms with Crippen LogP contribution in [0.3, 0.4) is 0 Å². The number of carbonyl (C=O) groups is 2. The topological polar surface area (TPSA) is 176 Å². The molecule has 3 aromatic carbocycles. The van der Waals surface area contributed by atoms with Crippen molar-refractivity contribution in [3.05, 3.63) is 90.5 Å². The van der Waals surface area contributed by atoms with Gasteiger partial charge in [-0.2, -0.15) is 0 Å². The Hall–Kier alpha value is -5.90. The van der Waals surface area contributed by atoms with Crippen LogP contribution in [-0.4, -0.2) is 49.1 Å². The number of aromatic nitrogens is 3. The van der Waals surface area contributed by atoms with Crippen molar-refractivity contribution in [1.29, 1.82) is 0 Å². The lowest BCUT2D eigenvalue weighted by Gasteiger charge is -2.21. The number of aryl methyl sites for hydroxylation is 1. The van der Waals surface area contributed by atoms with Crippen molar-refractivity contribution in [3.63, 3.8) is 0 Å². The Labute approximate surface area is 299 Å². The number of carbonyl (C=O) groups excluding carboxylic acids is 2. The molecule has 0 aliphatic rings. The van der Waals surface area contributed by atoms with E-state index < -0.39 is 34.3 Å². The zero-order valence-electron chi connectivity index (χ0n) is 28.3. The minimum atomic E-state index is -3.45. The number of ether oxygens (including phenoxy) is 3. The normalized spacial score (nSPS) is 11.0. The van der Waals surface area contributed by atoms with Gasteiger partial charge in [0.1, 0.15) is 29.1 Å². The Kier molecular flexibility index (Phi) is 12.5. The molecular formula is C36H36F2N6O7S. The van der Waals surface area contributed by atoms with Crippen LogP contribution in [0.15, 0.2) is 73.2 Å². The highest BCUT2D eigenvalue weighted by molar-refractivity contribution is 7.74. The molecule has 2 aromatic heterocycles. The predicted molar refractivity (Wildman–Crippen MR) is 191 cm³/mol. The molecule has 52 heavy (non-hydrogen) atoms. The summed E-state index contributed by atoms with van der Waals surface area (Å²) in [6.07, 6.45) is 6.17. The van der Waals surface area contributed by atoms with Crippen molar-refractivity contribution in [2.45, 2.75) is 45.4 Å². The summed E-state index contributed by atoms with van der Waals surface area (Å²) in [5.41, 5.74) is 7.31. The number of thiol groups is 1. The number of nitrogens with zero attached hydrogens (tertiary/aromatic N) is 4. The quantitative estimate of drug-likeness (QED) is 0.0725. The van der Waals surface area contributed by atoms with Gasteiger partial charge in [-0.3, -0.25) is 4.79 Å². The van der Waals surface area contributed by atoms with Gasteiger partial charge in [0.25, 0.3) is 0 Å². The van der Waals surface area contributed by atoms with E-state index in [4.69, 9.17) is 19.9 Å². The van der Waals surface area contributed by atoms with E-state index in [0.29, 0.717) is 69.0 Å². The number of halogens is 2. The van der Waals surface area contributed by atoms with Crippen molar-refractivity contribution in [1.82, 2.24) is 15.0 Å². The molecule has 2 amide bonds. The first-order valence-electron chi connectivity index (χ1n) is 16.2. The van der Waals surface area contributed by atoms with E-state index in [-0.39, 0.29) is 23.2 Å². The fourth-order valence-electron chi connectivity index (χ4n) is 5.48. The Bertz CT molecular complexity index is 2160. The number of nitrogens with two attached hydrogens (primary N) is 1. The van der Waals surface area contributed by atoms with Crippen molar-refractivity contribution in [3.8, 4) is 28.5 Å². The molecule has 0 unspecified atom stereocenters. The van der Waals surface area contributed by atoms with Crippen LogP contribution in [0.2, 0.25) is 0 Å². The number of amides is 2. The van der Waals surface area contributed by atoms with Gasteiger partial charge in [0, 0.05) is 35.3 Å². The summed E-state index contributed by atoms with van der Waals surface area (Å²) >= 11 is 0. The van der Waals surface area contributed by atoms with E-state index in [0.717, 1.165) is 37.8 Å². The maximum absolute atomic E-state index is 14.8. The highest BCUT2D eigenvalue weighted by Gasteiger charge is 2.23. The van der Waals surface area contributed by atoms with Gasteiger partial charge in [-0.1, -0.05) is 31.4 Å². The first kappa shape index (κ1) is 37.4. The summed E-state index contributed by atoms with van der Waals surface area (Å²) in [6, 6.07) is 14.2. The number of rotatable bonds is 16. The Balaban J connectivity index is 1.24. The third-order valence-electron chi connectivity index (χ3n) is 7.97. The largest absolute Gasteiger partial charge is 0.491 e.